The van der Waals surface area contributed by atoms with Gasteiger partial charge in [0.1, 0.15) is 0 Å². The van der Waals surface area contributed by atoms with Crippen LogP contribution in [0.25, 0.3) is 0 Å². The average molecular weight is 218 g/mol. The summed E-state index contributed by atoms with van der Waals surface area (Å²) in [5, 5.41) is 3.39. The second kappa shape index (κ2) is 4.26. The van der Waals surface area contributed by atoms with Gasteiger partial charge in [-0.3, -0.25) is 4.79 Å². The standard InChI is InChI=1S/C13H18N2O/c1-13(6-7-13)9-15-8-10-4-2-3-5-11(10)12(14)16/h2-5,15H,6-9H2,1H3,(H2,14,16). The molecule has 0 radical (unpaired) electrons. The van der Waals surface area contributed by atoms with E-state index in [0.717, 1.165) is 12.1 Å². The molecule has 1 aromatic carbocycles. The lowest BCUT2D eigenvalue weighted by Crippen LogP contribution is -2.23. The minimum atomic E-state index is -0.352. The summed E-state index contributed by atoms with van der Waals surface area (Å²) in [7, 11) is 0. The quantitative estimate of drug-likeness (QED) is 0.790. The van der Waals surface area contributed by atoms with E-state index in [2.05, 4.69) is 12.2 Å². The molecule has 0 aromatic heterocycles. The Morgan fingerprint density at radius 2 is 2.12 bits per heavy atom. The van der Waals surface area contributed by atoms with Crippen LogP contribution in [-0.4, -0.2) is 12.5 Å². The molecule has 0 unspecified atom stereocenters. The first-order valence-electron chi connectivity index (χ1n) is 5.69. The molecule has 0 heterocycles. The van der Waals surface area contributed by atoms with E-state index in [0.29, 0.717) is 17.5 Å². The fourth-order valence-electron chi connectivity index (χ4n) is 1.80. The summed E-state index contributed by atoms with van der Waals surface area (Å²) >= 11 is 0. The lowest BCUT2D eigenvalue weighted by atomic mass is 10.1. The second-order valence-electron chi connectivity index (χ2n) is 4.94. The topological polar surface area (TPSA) is 55.1 Å². The number of hydrogen-bond acceptors (Lipinski definition) is 2. The van der Waals surface area contributed by atoms with Crippen molar-refractivity contribution in [3.8, 4) is 0 Å². The fraction of sp³-hybridized carbons (Fsp3) is 0.462. The second-order valence-corrected chi connectivity index (χ2v) is 4.94. The van der Waals surface area contributed by atoms with Gasteiger partial charge in [-0.05, 0) is 29.9 Å². The highest BCUT2D eigenvalue weighted by atomic mass is 16.1. The Morgan fingerprint density at radius 1 is 1.44 bits per heavy atom. The van der Waals surface area contributed by atoms with E-state index in [1.165, 1.54) is 12.8 Å². The summed E-state index contributed by atoms with van der Waals surface area (Å²) in [5.41, 5.74) is 7.41. The number of nitrogens with one attached hydrogen (secondary N) is 1. The van der Waals surface area contributed by atoms with Gasteiger partial charge < -0.3 is 11.1 Å². The first-order chi connectivity index (χ1) is 7.61. The van der Waals surface area contributed by atoms with Crippen LogP contribution < -0.4 is 11.1 Å². The van der Waals surface area contributed by atoms with Crippen LogP contribution in [0.3, 0.4) is 0 Å². The molecule has 2 rings (SSSR count). The maximum atomic E-state index is 11.2. The Kier molecular flexibility index (Phi) is 2.97. The predicted molar refractivity (Wildman–Crippen MR) is 64.0 cm³/mol. The number of amides is 1. The number of rotatable bonds is 5. The molecule has 3 nitrogen and oxygen atoms in total. The SMILES string of the molecule is CC1(CNCc2ccccc2C(N)=O)CC1. The van der Waals surface area contributed by atoms with E-state index in [4.69, 9.17) is 5.73 Å². The number of carbonyl (C=O) groups excluding carboxylic acids is 1. The van der Waals surface area contributed by atoms with Crippen molar-refractivity contribution in [3.05, 3.63) is 35.4 Å². The first kappa shape index (κ1) is 11.1. The zero-order chi connectivity index (χ0) is 11.6. The molecule has 0 atom stereocenters. The van der Waals surface area contributed by atoms with Crippen molar-refractivity contribution in [1.29, 1.82) is 0 Å². The highest BCUT2D eigenvalue weighted by Crippen LogP contribution is 2.44. The third-order valence-electron chi connectivity index (χ3n) is 3.25. The zero-order valence-corrected chi connectivity index (χ0v) is 9.62. The average Bonchev–Trinajstić information content (AvgIpc) is 2.97. The molecule has 86 valence electrons. The van der Waals surface area contributed by atoms with Crippen LogP contribution in [0.15, 0.2) is 24.3 Å². The van der Waals surface area contributed by atoms with Crippen LogP contribution in [0.5, 0.6) is 0 Å². The van der Waals surface area contributed by atoms with Crippen molar-refractivity contribution in [2.75, 3.05) is 6.54 Å². The fourth-order valence-corrected chi connectivity index (χ4v) is 1.80. The number of carbonyl (C=O) groups is 1. The molecule has 3 N–H and O–H groups in total. The number of hydrogen-bond donors (Lipinski definition) is 2. The Bertz CT molecular complexity index is 397. The smallest absolute Gasteiger partial charge is 0.249 e. The Labute approximate surface area is 96.0 Å². The van der Waals surface area contributed by atoms with Crippen molar-refractivity contribution >= 4 is 5.91 Å². The molecule has 16 heavy (non-hydrogen) atoms. The number of primary amides is 1. The van der Waals surface area contributed by atoms with Gasteiger partial charge in [-0.15, -0.1) is 0 Å². The third-order valence-corrected chi connectivity index (χ3v) is 3.25. The van der Waals surface area contributed by atoms with Gasteiger partial charge >= 0.3 is 0 Å². The van der Waals surface area contributed by atoms with Crippen molar-refractivity contribution < 1.29 is 4.79 Å². The lowest BCUT2D eigenvalue weighted by Gasteiger charge is -2.11. The summed E-state index contributed by atoms with van der Waals surface area (Å²) < 4.78 is 0. The molecule has 1 saturated carbocycles. The molecule has 0 spiro atoms. The summed E-state index contributed by atoms with van der Waals surface area (Å²) in [6, 6.07) is 7.49. The van der Waals surface area contributed by atoms with Crippen molar-refractivity contribution in [1.82, 2.24) is 5.32 Å². The van der Waals surface area contributed by atoms with Gasteiger partial charge in [-0.25, -0.2) is 0 Å². The number of benzene rings is 1. The van der Waals surface area contributed by atoms with Gasteiger partial charge in [0.05, 0.1) is 0 Å². The van der Waals surface area contributed by atoms with E-state index in [-0.39, 0.29) is 5.91 Å². The van der Waals surface area contributed by atoms with Gasteiger partial charge in [0, 0.05) is 18.7 Å². The molecular formula is C13H18N2O. The van der Waals surface area contributed by atoms with Crippen molar-refractivity contribution in [2.45, 2.75) is 26.3 Å². The van der Waals surface area contributed by atoms with Crippen LogP contribution >= 0.6 is 0 Å². The maximum absolute atomic E-state index is 11.2. The lowest BCUT2D eigenvalue weighted by molar-refractivity contribution is 0.0999. The normalized spacial score (nSPS) is 17.1. The van der Waals surface area contributed by atoms with E-state index in [1.807, 2.05) is 18.2 Å². The van der Waals surface area contributed by atoms with Crippen LogP contribution in [-0.2, 0) is 6.54 Å². The predicted octanol–water partition coefficient (Wildman–Crippen LogP) is 1.68. The molecule has 1 aliphatic carbocycles. The van der Waals surface area contributed by atoms with Crippen molar-refractivity contribution in [3.63, 3.8) is 0 Å². The minimum absolute atomic E-state index is 0.352. The van der Waals surface area contributed by atoms with E-state index >= 15 is 0 Å². The van der Waals surface area contributed by atoms with Crippen LogP contribution in [0.2, 0.25) is 0 Å². The van der Waals surface area contributed by atoms with Gasteiger partial charge in [-0.1, -0.05) is 25.1 Å². The molecule has 0 aliphatic heterocycles. The molecule has 1 amide bonds. The minimum Gasteiger partial charge on any atom is -0.366 e. The third kappa shape index (κ3) is 2.61. The van der Waals surface area contributed by atoms with Gasteiger partial charge in [0.15, 0.2) is 0 Å². The van der Waals surface area contributed by atoms with Crippen LogP contribution in [0, 0.1) is 5.41 Å². The van der Waals surface area contributed by atoms with Crippen LogP contribution in [0.4, 0.5) is 0 Å². The van der Waals surface area contributed by atoms with Gasteiger partial charge in [0.2, 0.25) is 5.91 Å². The molecule has 1 aromatic rings. The van der Waals surface area contributed by atoms with E-state index < -0.39 is 0 Å². The zero-order valence-electron chi connectivity index (χ0n) is 9.62. The van der Waals surface area contributed by atoms with Crippen molar-refractivity contribution in [2.24, 2.45) is 11.1 Å². The Hall–Kier alpha value is -1.35. The molecule has 1 aliphatic rings. The maximum Gasteiger partial charge on any atom is 0.249 e. The highest BCUT2D eigenvalue weighted by Gasteiger charge is 2.36. The van der Waals surface area contributed by atoms with E-state index in [9.17, 15) is 4.79 Å². The molecule has 0 saturated heterocycles. The number of nitrogens with two attached hydrogens (primary N) is 1. The van der Waals surface area contributed by atoms with Gasteiger partial charge in [-0.2, -0.15) is 0 Å². The Morgan fingerprint density at radius 3 is 2.75 bits per heavy atom. The molecule has 3 heteroatoms. The van der Waals surface area contributed by atoms with E-state index in [1.54, 1.807) is 6.07 Å². The van der Waals surface area contributed by atoms with Crippen LogP contribution in [0.1, 0.15) is 35.7 Å². The summed E-state index contributed by atoms with van der Waals surface area (Å²) in [6.45, 7) is 4.01. The summed E-state index contributed by atoms with van der Waals surface area (Å²) in [5.74, 6) is -0.352. The monoisotopic (exact) mass is 218 g/mol. The summed E-state index contributed by atoms with van der Waals surface area (Å²) in [4.78, 5) is 11.2. The highest BCUT2D eigenvalue weighted by molar-refractivity contribution is 5.94. The summed E-state index contributed by atoms with van der Waals surface area (Å²) in [6.07, 6.45) is 2.61. The molecule has 1 fully saturated rings. The molecular weight excluding hydrogens is 200 g/mol. The largest absolute Gasteiger partial charge is 0.366 e. The van der Waals surface area contributed by atoms with Gasteiger partial charge in [0.25, 0.3) is 0 Å². The Balaban J connectivity index is 1.95. The molecule has 0 bridgehead atoms. The first-order valence-corrected chi connectivity index (χ1v) is 5.69.